The maximum atomic E-state index is 11.5. The van der Waals surface area contributed by atoms with E-state index in [9.17, 15) is 13.2 Å². The molecule has 2 N–H and O–H groups in total. The Bertz CT molecular complexity index is 366. The summed E-state index contributed by atoms with van der Waals surface area (Å²) in [6, 6.07) is 0.177. The molecule has 2 heterocycles. The first-order chi connectivity index (χ1) is 7.58. The van der Waals surface area contributed by atoms with Gasteiger partial charge in [-0.1, -0.05) is 0 Å². The lowest BCUT2D eigenvalue weighted by molar-refractivity contribution is -0.119. The zero-order valence-corrected chi connectivity index (χ0v) is 10.1. The molecule has 2 atom stereocenters. The highest BCUT2D eigenvalue weighted by Gasteiger charge is 2.31. The van der Waals surface area contributed by atoms with E-state index in [4.69, 9.17) is 0 Å². The summed E-state index contributed by atoms with van der Waals surface area (Å²) in [6.07, 6.45) is 3.00. The summed E-state index contributed by atoms with van der Waals surface area (Å²) in [7, 11) is -2.84. The molecule has 2 fully saturated rings. The van der Waals surface area contributed by atoms with Gasteiger partial charge in [0.15, 0.2) is 9.84 Å². The first-order valence-corrected chi connectivity index (χ1v) is 7.51. The molecule has 2 rings (SSSR count). The van der Waals surface area contributed by atoms with E-state index in [1.165, 1.54) is 0 Å². The first-order valence-electron chi connectivity index (χ1n) is 5.79. The molecule has 2 aliphatic heterocycles. The van der Waals surface area contributed by atoms with E-state index in [1.807, 2.05) is 0 Å². The average Bonchev–Trinajstić information content (AvgIpc) is 2.74. The van der Waals surface area contributed by atoms with E-state index < -0.39 is 9.84 Å². The molecule has 0 aliphatic carbocycles. The number of amides is 1. The standard InChI is InChI=1S/C10H18N2O3S/c13-10-4-3-8(12-10)6-11-7-9-2-1-5-16(9,14)15/h8-9,11H,1-7H2,(H,12,13). The van der Waals surface area contributed by atoms with E-state index in [-0.39, 0.29) is 17.2 Å². The first kappa shape index (κ1) is 11.9. The second-order valence-electron chi connectivity index (χ2n) is 4.59. The molecule has 0 aromatic heterocycles. The van der Waals surface area contributed by atoms with Crippen LogP contribution in [0.15, 0.2) is 0 Å². The molecule has 16 heavy (non-hydrogen) atoms. The third-order valence-corrected chi connectivity index (χ3v) is 5.59. The monoisotopic (exact) mass is 246 g/mol. The fourth-order valence-electron chi connectivity index (χ4n) is 2.34. The zero-order chi connectivity index (χ0) is 11.6. The molecule has 0 aromatic carbocycles. The predicted octanol–water partition coefficient (Wildman–Crippen LogP) is -0.568. The van der Waals surface area contributed by atoms with Gasteiger partial charge < -0.3 is 10.6 Å². The van der Waals surface area contributed by atoms with Crippen LogP contribution in [-0.2, 0) is 14.6 Å². The van der Waals surface area contributed by atoms with Gasteiger partial charge in [-0.05, 0) is 19.3 Å². The number of hydrogen-bond acceptors (Lipinski definition) is 4. The second kappa shape index (κ2) is 4.71. The molecule has 2 aliphatic rings. The van der Waals surface area contributed by atoms with Crippen molar-refractivity contribution in [2.75, 3.05) is 18.8 Å². The number of hydrogen-bond donors (Lipinski definition) is 2. The third-order valence-electron chi connectivity index (χ3n) is 3.31. The fourth-order valence-corrected chi connectivity index (χ4v) is 4.14. The Morgan fingerprint density at radius 1 is 1.31 bits per heavy atom. The zero-order valence-electron chi connectivity index (χ0n) is 9.24. The Morgan fingerprint density at radius 2 is 2.12 bits per heavy atom. The summed E-state index contributed by atoms with van der Waals surface area (Å²) >= 11 is 0. The van der Waals surface area contributed by atoms with Gasteiger partial charge in [0.2, 0.25) is 5.91 Å². The predicted molar refractivity (Wildman–Crippen MR) is 60.8 cm³/mol. The van der Waals surface area contributed by atoms with Crippen LogP contribution in [0.5, 0.6) is 0 Å². The van der Waals surface area contributed by atoms with E-state index in [2.05, 4.69) is 10.6 Å². The minimum absolute atomic E-state index is 0.0975. The highest BCUT2D eigenvalue weighted by molar-refractivity contribution is 7.92. The third kappa shape index (κ3) is 2.74. The van der Waals surface area contributed by atoms with Gasteiger partial charge in [-0.3, -0.25) is 4.79 Å². The largest absolute Gasteiger partial charge is 0.352 e. The Hall–Kier alpha value is -0.620. The minimum atomic E-state index is -2.84. The van der Waals surface area contributed by atoms with Crippen LogP contribution in [0.1, 0.15) is 25.7 Å². The van der Waals surface area contributed by atoms with E-state index in [0.29, 0.717) is 25.3 Å². The average molecular weight is 246 g/mol. The van der Waals surface area contributed by atoms with Crippen LogP contribution in [0.2, 0.25) is 0 Å². The van der Waals surface area contributed by atoms with E-state index in [0.717, 1.165) is 19.3 Å². The molecular formula is C10H18N2O3S. The molecule has 0 radical (unpaired) electrons. The van der Waals surface area contributed by atoms with Gasteiger partial charge in [0.1, 0.15) is 0 Å². The van der Waals surface area contributed by atoms with Crippen LogP contribution in [0.4, 0.5) is 0 Å². The molecule has 0 saturated carbocycles. The van der Waals surface area contributed by atoms with Gasteiger partial charge in [0.25, 0.3) is 0 Å². The molecule has 0 aromatic rings. The Labute approximate surface area is 95.9 Å². The number of carbonyl (C=O) groups is 1. The maximum Gasteiger partial charge on any atom is 0.220 e. The van der Waals surface area contributed by atoms with Gasteiger partial charge in [-0.25, -0.2) is 8.42 Å². The van der Waals surface area contributed by atoms with Gasteiger partial charge in [0.05, 0.1) is 11.0 Å². The van der Waals surface area contributed by atoms with Crippen LogP contribution in [-0.4, -0.2) is 44.5 Å². The summed E-state index contributed by atoms with van der Waals surface area (Å²) in [5.74, 6) is 0.430. The van der Waals surface area contributed by atoms with Crippen LogP contribution in [0.3, 0.4) is 0 Å². The van der Waals surface area contributed by atoms with Crippen LogP contribution >= 0.6 is 0 Å². The van der Waals surface area contributed by atoms with Crippen molar-refractivity contribution in [2.24, 2.45) is 0 Å². The van der Waals surface area contributed by atoms with Crippen molar-refractivity contribution in [1.82, 2.24) is 10.6 Å². The number of carbonyl (C=O) groups excluding carboxylic acids is 1. The number of sulfone groups is 1. The van der Waals surface area contributed by atoms with E-state index >= 15 is 0 Å². The van der Waals surface area contributed by atoms with Crippen molar-refractivity contribution in [2.45, 2.75) is 37.0 Å². The maximum absolute atomic E-state index is 11.5. The van der Waals surface area contributed by atoms with Gasteiger partial charge in [-0.15, -0.1) is 0 Å². The second-order valence-corrected chi connectivity index (χ2v) is 6.99. The number of rotatable bonds is 4. The highest BCUT2D eigenvalue weighted by atomic mass is 32.2. The summed E-state index contributed by atoms with van der Waals surface area (Å²) in [5, 5.41) is 5.78. The number of nitrogens with one attached hydrogen (secondary N) is 2. The van der Waals surface area contributed by atoms with E-state index in [1.54, 1.807) is 0 Å². The van der Waals surface area contributed by atoms with Gasteiger partial charge >= 0.3 is 0 Å². The van der Waals surface area contributed by atoms with Crippen molar-refractivity contribution in [3.05, 3.63) is 0 Å². The normalized spacial score (nSPS) is 32.9. The molecule has 92 valence electrons. The van der Waals surface area contributed by atoms with Crippen LogP contribution in [0, 0.1) is 0 Å². The topological polar surface area (TPSA) is 75.3 Å². The van der Waals surface area contributed by atoms with Gasteiger partial charge in [0, 0.05) is 25.6 Å². The Balaban J connectivity index is 1.70. The Morgan fingerprint density at radius 3 is 2.69 bits per heavy atom. The molecule has 2 saturated heterocycles. The molecule has 0 bridgehead atoms. The smallest absolute Gasteiger partial charge is 0.220 e. The Kier molecular flexibility index (Phi) is 3.49. The fraction of sp³-hybridized carbons (Fsp3) is 0.900. The molecular weight excluding hydrogens is 228 g/mol. The van der Waals surface area contributed by atoms with Crippen molar-refractivity contribution in [1.29, 1.82) is 0 Å². The highest BCUT2D eigenvalue weighted by Crippen LogP contribution is 2.19. The summed E-state index contributed by atoms with van der Waals surface area (Å²) in [5.41, 5.74) is 0. The molecule has 0 spiro atoms. The summed E-state index contributed by atoms with van der Waals surface area (Å²) in [4.78, 5) is 10.9. The molecule has 1 amide bonds. The van der Waals surface area contributed by atoms with Crippen molar-refractivity contribution in [3.8, 4) is 0 Å². The molecule has 6 heteroatoms. The van der Waals surface area contributed by atoms with Gasteiger partial charge in [-0.2, -0.15) is 0 Å². The lowest BCUT2D eigenvalue weighted by Gasteiger charge is -2.14. The van der Waals surface area contributed by atoms with Crippen LogP contribution in [0.25, 0.3) is 0 Å². The summed E-state index contributed by atoms with van der Waals surface area (Å²) < 4.78 is 23.1. The quantitative estimate of drug-likeness (QED) is 0.697. The van der Waals surface area contributed by atoms with Crippen molar-refractivity contribution < 1.29 is 13.2 Å². The lowest BCUT2D eigenvalue weighted by atomic mass is 10.2. The summed E-state index contributed by atoms with van der Waals surface area (Å²) in [6.45, 7) is 1.20. The van der Waals surface area contributed by atoms with Crippen LogP contribution < -0.4 is 10.6 Å². The SMILES string of the molecule is O=C1CCC(CNCC2CCCS2(=O)=O)N1. The lowest BCUT2D eigenvalue weighted by Crippen LogP contribution is -2.39. The van der Waals surface area contributed by atoms with Crippen molar-refractivity contribution >= 4 is 15.7 Å². The van der Waals surface area contributed by atoms with Crippen molar-refractivity contribution in [3.63, 3.8) is 0 Å². The minimum Gasteiger partial charge on any atom is -0.352 e. The molecule has 2 unspecified atom stereocenters. The molecule has 5 nitrogen and oxygen atoms in total.